The molecule has 0 aliphatic heterocycles. The fraction of sp³-hybridized carbons (Fsp3) is 0.200. The van der Waals surface area contributed by atoms with E-state index in [9.17, 15) is 20.8 Å². The molecule has 0 amide bonds. The topological polar surface area (TPSA) is 164 Å². The molecule has 2 unspecified atom stereocenters. The first-order valence-electron chi connectivity index (χ1n) is 12.8. The Balaban J connectivity index is 1.45. The van der Waals surface area contributed by atoms with E-state index in [1.807, 2.05) is 85.5 Å². The summed E-state index contributed by atoms with van der Waals surface area (Å²) in [7, 11) is 0. The molecule has 41 heavy (non-hydrogen) atoms. The molecule has 0 bridgehead atoms. The lowest BCUT2D eigenvalue weighted by Gasteiger charge is -2.39. The molecule has 2 aliphatic carbocycles. The number of amidine groups is 2. The molecule has 0 saturated heterocycles. The van der Waals surface area contributed by atoms with Crippen molar-refractivity contribution < 1.29 is 25.6 Å². The monoisotopic (exact) mass is 556 g/mol. The number of hydroxylamine groups is 2. The summed E-state index contributed by atoms with van der Waals surface area (Å²) in [6, 6.07) is 18.0. The zero-order chi connectivity index (χ0) is 29.3. The molecule has 0 spiro atoms. The molecule has 2 aromatic rings. The summed E-state index contributed by atoms with van der Waals surface area (Å²) in [5, 5.41) is 45.4. The lowest BCUT2D eigenvalue weighted by molar-refractivity contribution is -0.0865. The van der Waals surface area contributed by atoms with Gasteiger partial charge in [-0.25, -0.2) is 9.98 Å². The van der Waals surface area contributed by atoms with E-state index in [1.54, 1.807) is 36.4 Å². The van der Waals surface area contributed by atoms with Crippen LogP contribution in [0, 0.1) is 0 Å². The maximum Gasteiger partial charge on any atom is 0.180 e. The molecule has 0 radical (unpaired) electrons. The summed E-state index contributed by atoms with van der Waals surface area (Å²) in [4.78, 5) is 8.64. The molecule has 11 nitrogen and oxygen atoms in total. The summed E-state index contributed by atoms with van der Waals surface area (Å²) >= 11 is 0. The van der Waals surface area contributed by atoms with Crippen LogP contribution in [-0.2, 0) is 4.74 Å². The molecule has 2 aromatic carbocycles. The van der Waals surface area contributed by atoms with Crippen molar-refractivity contribution in [2.24, 2.45) is 20.3 Å². The average molecular weight is 557 g/mol. The Bertz CT molecular complexity index is 1370. The van der Waals surface area contributed by atoms with Crippen LogP contribution >= 0.6 is 0 Å². The molecule has 2 aliphatic rings. The number of para-hydroxylation sites is 2. The SMILES string of the molecule is CC1(OC2(C)C=CC(C(=NO)C(=Nc3ccccc3)NO)=CC2)C=CC(C(=NO)C(=Nc2ccccc2)NO)=CC1. The fourth-order valence-electron chi connectivity index (χ4n) is 4.47. The molecular formula is C30H32N6O5. The smallest absolute Gasteiger partial charge is 0.180 e. The number of hydrogen-bond donors (Lipinski definition) is 6. The summed E-state index contributed by atoms with van der Waals surface area (Å²) in [5.41, 5.74) is 5.06. The van der Waals surface area contributed by atoms with Gasteiger partial charge in [0.15, 0.2) is 23.1 Å². The number of aliphatic imine (C=N–C) groups is 2. The summed E-state index contributed by atoms with van der Waals surface area (Å²) in [5.74, 6) is -0.0132. The molecule has 6 N–H and O–H groups in total. The highest BCUT2D eigenvalue weighted by Gasteiger charge is 2.35. The number of rotatable bonds is 8. The van der Waals surface area contributed by atoms with Crippen LogP contribution in [0.25, 0.3) is 0 Å². The Morgan fingerprint density at radius 2 is 1.07 bits per heavy atom. The normalized spacial score (nSPS) is 23.6. The highest BCUT2D eigenvalue weighted by atomic mass is 16.5. The Morgan fingerprint density at radius 3 is 1.37 bits per heavy atom. The Hall–Kier alpha value is -4.84. The predicted molar refractivity (Wildman–Crippen MR) is 157 cm³/mol. The van der Waals surface area contributed by atoms with E-state index < -0.39 is 11.2 Å². The van der Waals surface area contributed by atoms with Gasteiger partial charge in [0.1, 0.15) is 0 Å². The molecule has 0 aromatic heterocycles. The highest BCUT2D eigenvalue weighted by Crippen LogP contribution is 2.35. The quantitative estimate of drug-likeness (QED) is 0.110. The third-order valence-electron chi connectivity index (χ3n) is 6.55. The molecule has 0 saturated carbocycles. The van der Waals surface area contributed by atoms with Gasteiger partial charge < -0.3 is 15.2 Å². The second-order valence-electron chi connectivity index (χ2n) is 9.83. The number of benzene rings is 2. The van der Waals surface area contributed by atoms with E-state index in [0.717, 1.165) is 0 Å². The van der Waals surface area contributed by atoms with E-state index >= 15 is 0 Å². The second kappa shape index (κ2) is 13.0. The second-order valence-corrected chi connectivity index (χ2v) is 9.83. The van der Waals surface area contributed by atoms with E-state index in [0.29, 0.717) is 35.4 Å². The Morgan fingerprint density at radius 1 is 0.683 bits per heavy atom. The van der Waals surface area contributed by atoms with Gasteiger partial charge in [0, 0.05) is 11.1 Å². The van der Waals surface area contributed by atoms with Gasteiger partial charge in [0.05, 0.1) is 22.6 Å². The van der Waals surface area contributed by atoms with E-state index in [1.165, 1.54) is 0 Å². The van der Waals surface area contributed by atoms with Crippen LogP contribution in [0.15, 0.2) is 129 Å². The largest absolute Gasteiger partial charge is 0.410 e. The van der Waals surface area contributed by atoms with Crippen LogP contribution in [0.2, 0.25) is 0 Å². The van der Waals surface area contributed by atoms with E-state index in [-0.39, 0.29) is 23.1 Å². The summed E-state index contributed by atoms with van der Waals surface area (Å²) < 4.78 is 6.54. The average Bonchev–Trinajstić information content (AvgIpc) is 2.99. The van der Waals surface area contributed by atoms with Crippen molar-refractivity contribution in [1.82, 2.24) is 11.0 Å². The molecular weight excluding hydrogens is 524 g/mol. The fourth-order valence-corrected chi connectivity index (χ4v) is 4.47. The van der Waals surface area contributed by atoms with Crippen LogP contribution in [-0.4, -0.2) is 55.1 Å². The molecule has 0 heterocycles. The number of ether oxygens (including phenoxy) is 1. The first-order chi connectivity index (χ1) is 19.8. The summed E-state index contributed by atoms with van der Waals surface area (Å²) in [6.07, 6.45) is 11.8. The van der Waals surface area contributed by atoms with Gasteiger partial charge in [-0.05, 0) is 51.0 Å². The van der Waals surface area contributed by atoms with Gasteiger partial charge >= 0.3 is 0 Å². The molecule has 11 heteroatoms. The zero-order valence-electron chi connectivity index (χ0n) is 22.6. The maximum atomic E-state index is 9.70. The minimum atomic E-state index is -0.696. The van der Waals surface area contributed by atoms with Crippen LogP contribution in [0.5, 0.6) is 0 Å². The molecule has 2 atom stereocenters. The standard InChI is InChI=1S/C30H32N6O5/c1-29(17-13-21(14-18-29)25(33-37)27(35-39)31-23-9-5-3-6-10-23)41-30(2)19-15-22(16-20-30)26(34-38)28(36-40)32-24-11-7-4-8-12-24/h3-17,19,37-40H,18,20H2,1-2H3,(H,31,35)(H,32,36). The third kappa shape index (κ3) is 7.22. The third-order valence-corrected chi connectivity index (χ3v) is 6.55. The van der Waals surface area contributed by atoms with Crippen LogP contribution in [0.1, 0.15) is 26.7 Å². The number of nitrogens with one attached hydrogen (secondary N) is 2. The lowest BCUT2D eigenvalue weighted by Crippen LogP contribution is -2.40. The minimum absolute atomic E-state index is 0.00661. The number of allylic oxidation sites excluding steroid dienone is 2. The van der Waals surface area contributed by atoms with Crippen molar-refractivity contribution in [3.8, 4) is 0 Å². The predicted octanol–water partition coefficient (Wildman–Crippen LogP) is 5.37. The van der Waals surface area contributed by atoms with Gasteiger partial charge in [-0.1, -0.05) is 83.2 Å². The van der Waals surface area contributed by atoms with E-state index in [4.69, 9.17) is 4.74 Å². The zero-order valence-corrected chi connectivity index (χ0v) is 22.6. The highest BCUT2D eigenvalue weighted by molar-refractivity contribution is 6.48. The first kappa shape index (κ1) is 29.2. The van der Waals surface area contributed by atoms with Gasteiger partial charge in [0.25, 0.3) is 0 Å². The molecule has 4 rings (SSSR count). The van der Waals surface area contributed by atoms with Crippen molar-refractivity contribution in [1.29, 1.82) is 0 Å². The maximum absolute atomic E-state index is 9.70. The van der Waals surface area contributed by atoms with Crippen molar-refractivity contribution in [2.75, 3.05) is 0 Å². The number of hydrogen-bond acceptors (Lipinski definition) is 9. The number of nitrogens with zero attached hydrogens (tertiary/aromatic N) is 4. The van der Waals surface area contributed by atoms with Gasteiger partial charge in [-0.2, -0.15) is 0 Å². The molecule has 0 fully saturated rings. The lowest BCUT2D eigenvalue weighted by atomic mass is 9.87. The van der Waals surface area contributed by atoms with E-state index in [2.05, 4.69) is 20.3 Å². The van der Waals surface area contributed by atoms with Crippen molar-refractivity contribution >= 4 is 34.5 Å². The van der Waals surface area contributed by atoms with Gasteiger partial charge in [-0.15, -0.1) is 0 Å². The Kier molecular flexibility index (Phi) is 9.25. The van der Waals surface area contributed by atoms with Gasteiger partial charge in [0.2, 0.25) is 0 Å². The van der Waals surface area contributed by atoms with Crippen molar-refractivity contribution in [3.05, 3.63) is 108 Å². The van der Waals surface area contributed by atoms with Crippen LogP contribution < -0.4 is 11.0 Å². The van der Waals surface area contributed by atoms with Gasteiger partial charge in [-0.3, -0.25) is 21.4 Å². The Labute approximate surface area is 237 Å². The summed E-state index contributed by atoms with van der Waals surface area (Å²) in [6.45, 7) is 3.88. The first-order valence-corrected chi connectivity index (χ1v) is 12.8. The van der Waals surface area contributed by atoms with Crippen LogP contribution in [0.3, 0.4) is 0 Å². The molecule has 212 valence electrons. The van der Waals surface area contributed by atoms with Crippen molar-refractivity contribution in [2.45, 2.75) is 37.9 Å². The van der Waals surface area contributed by atoms with Crippen LogP contribution in [0.4, 0.5) is 11.4 Å². The minimum Gasteiger partial charge on any atom is -0.410 e. The van der Waals surface area contributed by atoms with Crippen molar-refractivity contribution in [3.63, 3.8) is 0 Å². The number of oxime groups is 2.